The first-order chi connectivity index (χ1) is 16.8. The lowest BCUT2D eigenvalue weighted by atomic mass is 9.52. The van der Waals surface area contributed by atoms with Gasteiger partial charge in [0.15, 0.2) is 0 Å². The summed E-state index contributed by atoms with van der Waals surface area (Å²) in [5.41, 5.74) is 13.4. The number of rotatable bonds is 4. The van der Waals surface area contributed by atoms with E-state index in [-0.39, 0.29) is 18.4 Å². The summed E-state index contributed by atoms with van der Waals surface area (Å²) in [5, 5.41) is 3.38. The number of benzene rings is 3. The molecule has 2 atom stereocenters. The van der Waals surface area contributed by atoms with Crippen molar-refractivity contribution < 1.29 is 13.6 Å². The lowest BCUT2D eigenvalue weighted by molar-refractivity contribution is 0.0950. The Kier molecular flexibility index (Phi) is 4.90. The fourth-order valence-corrected chi connectivity index (χ4v) is 5.63. The van der Waals surface area contributed by atoms with Crippen LogP contribution in [0.3, 0.4) is 0 Å². The maximum absolute atomic E-state index is 14.3. The number of carbonyl (C=O) groups excluding carboxylic acids is 1. The number of hydrogen-bond acceptors (Lipinski definition) is 3. The average molecular weight is 488 g/mol. The van der Waals surface area contributed by atoms with Crippen LogP contribution in [-0.2, 0) is 6.54 Å². The van der Waals surface area contributed by atoms with Crippen molar-refractivity contribution in [2.75, 3.05) is 5.73 Å². The zero-order valence-corrected chi connectivity index (χ0v) is 19.5. The summed E-state index contributed by atoms with van der Waals surface area (Å²) in [6, 6.07) is 16.8. The zero-order valence-electron chi connectivity index (χ0n) is 18.7. The molecule has 0 bridgehead atoms. The van der Waals surface area contributed by atoms with Crippen molar-refractivity contribution in [2.24, 2.45) is 0 Å². The monoisotopic (exact) mass is 487 g/mol. The van der Waals surface area contributed by atoms with Gasteiger partial charge >= 0.3 is 0 Å². The topological polar surface area (TPSA) is 68.0 Å². The van der Waals surface area contributed by atoms with Crippen molar-refractivity contribution in [2.45, 2.75) is 25.3 Å². The number of nitrogens with two attached hydrogens (primary N) is 1. The number of aromatic nitrogens is 1. The summed E-state index contributed by atoms with van der Waals surface area (Å²) in [7, 11) is 0. The van der Waals surface area contributed by atoms with Gasteiger partial charge in [0, 0.05) is 46.8 Å². The molecule has 0 fully saturated rings. The quantitative estimate of drug-likeness (QED) is 0.366. The predicted molar refractivity (Wildman–Crippen MR) is 131 cm³/mol. The van der Waals surface area contributed by atoms with Crippen LogP contribution in [0.25, 0.3) is 11.1 Å². The van der Waals surface area contributed by atoms with Crippen LogP contribution in [0.4, 0.5) is 14.6 Å². The summed E-state index contributed by atoms with van der Waals surface area (Å²) in [4.78, 5) is 17.1. The lowest BCUT2D eigenvalue weighted by Crippen LogP contribution is -2.36. The van der Waals surface area contributed by atoms with Crippen LogP contribution < -0.4 is 11.1 Å². The predicted octanol–water partition coefficient (Wildman–Crippen LogP) is 6.09. The first-order valence-electron chi connectivity index (χ1n) is 11.2. The van der Waals surface area contributed by atoms with Gasteiger partial charge in [-0.25, -0.2) is 13.8 Å². The number of amides is 1. The molecule has 4 aromatic rings. The number of hydrogen-bond donors (Lipinski definition) is 2. The third-order valence-corrected chi connectivity index (χ3v) is 7.41. The highest BCUT2D eigenvalue weighted by Crippen LogP contribution is 2.63. The summed E-state index contributed by atoms with van der Waals surface area (Å²) >= 11 is 6.27. The van der Waals surface area contributed by atoms with Crippen molar-refractivity contribution >= 4 is 23.3 Å². The molecule has 7 heteroatoms. The molecule has 0 saturated heterocycles. The molecule has 0 saturated carbocycles. The molecule has 174 valence electrons. The highest BCUT2D eigenvalue weighted by Gasteiger charge is 2.49. The van der Waals surface area contributed by atoms with Crippen LogP contribution in [0, 0.1) is 18.6 Å². The normalized spacial score (nSPS) is 16.9. The molecule has 1 heterocycles. The van der Waals surface area contributed by atoms with Crippen LogP contribution in [-0.4, -0.2) is 10.9 Å². The van der Waals surface area contributed by atoms with E-state index < -0.39 is 11.6 Å². The van der Waals surface area contributed by atoms with Gasteiger partial charge in [-0.05, 0) is 65.1 Å². The summed E-state index contributed by atoms with van der Waals surface area (Å²) in [6.45, 7) is 2.05. The van der Waals surface area contributed by atoms with Gasteiger partial charge < -0.3 is 11.1 Å². The smallest absolute Gasteiger partial charge is 0.251 e. The molecule has 0 aliphatic heterocycles. The third kappa shape index (κ3) is 3.40. The third-order valence-electron chi connectivity index (χ3n) is 7.07. The Morgan fingerprint density at radius 3 is 2.43 bits per heavy atom. The number of nitrogens with one attached hydrogen (secondary N) is 1. The highest BCUT2D eigenvalue weighted by atomic mass is 35.5. The summed E-state index contributed by atoms with van der Waals surface area (Å²) in [5.74, 6) is -0.573. The molecule has 2 aliphatic rings. The van der Waals surface area contributed by atoms with Crippen LogP contribution in [0.15, 0.2) is 60.7 Å². The van der Waals surface area contributed by atoms with Crippen LogP contribution in [0.1, 0.15) is 55.7 Å². The van der Waals surface area contributed by atoms with E-state index in [4.69, 9.17) is 17.3 Å². The Morgan fingerprint density at radius 2 is 1.69 bits per heavy atom. The molecule has 35 heavy (non-hydrogen) atoms. The number of halogens is 3. The molecule has 1 unspecified atom stereocenters. The molecule has 6 rings (SSSR count). The number of anilines is 1. The van der Waals surface area contributed by atoms with Gasteiger partial charge in [0.1, 0.15) is 17.5 Å². The fraction of sp³-hybridized carbons (Fsp3) is 0.143. The number of carbonyl (C=O) groups is 1. The van der Waals surface area contributed by atoms with Crippen molar-refractivity contribution in [3.63, 3.8) is 0 Å². The first-order valence-corrected chi connectivity index (χ1v) is 11.6. The zero-order chi connectivity index (χ0) is 24.4. The minimum atomic E-state index is -0.598. The van der Waals surface area contributed by atoms with Crippen molar-refractivity contribution in [1.29, 1.82) is 0 Å². The molecule has 0 radical (unpaired) electrons. The van der Waals surface area contributed by atoms with Gasteiger partial charge in [-0.2, -0.15) is 0 Å². The van der Waals surface area contributed by atoms with Crippen molar-refractivity contribution in [1.82, 2.24) is 10.3 Å². The van der Waals surface area contributed by atoms with E-state index in [1.165, 1.54) is 23.3 Å². The van der Waals surface area contributed by atoms with E-state index in [1.807, 2.05) is 36.4 Å². The molecule has 4 nitrogen and oxygen atoms in total. The van der Waals surface area contributed by atoms with Crippen molar-refractivity contribution in [3.8, 4) is 11.1 Å². The molecule has 1 aromatic heterocycles. The largest absolute Gasteiger partial charge is 0.384 e. The maximum atomic E-state index is 14.3. The first kappa shape index (κ1) is 21.7. The standard InChI is InChI=1S/C28H20ClF2N3O/c1-13-22(23(29)11-25(32)34-13)12-33-28(35)15-3-6-19-21(9-15)27-20-8-14(2-5-18(20)26(19)27)17-7-4-16(30)10-24(17)31/h2-11,26-27H,12H2,1H3,(H2,32,34)(H,33,35)/t26-,27?/m0/s1. The van der Waals surface area contributed by atoms with Crippen LogP contribution in [0.2, 0.25) is 5.02 Å². The van der Waals surface area contributed by atoms with E-state index >= 15 is 0 Å². The van der Waals surface area contributed by atoms with Crippen LogP contribution in [0.5, 0.6) is 0 Å². The van der Waals surface area contributed by atoms with E-state index in [0.29, 0.717) is 39.1 Å². The Labute approximate surface area is 205 Å². The highest BCUT2D eigenvalue weighted by molar-refractivity contribution is 6.31. The number of fused-ring (bicyclic) bond motifs is 7. The molecule has 3 aromatic carbocycles. The van der Waals surface area contributed by atoms with E-state index in [0.717, 1.165) is 22.8 Å². The maximum Gasteiger partial charge on any atom is 0.251 e. The van der Waals surface area contributed by atoms with Crippen molar-refractivity contribution in [3.05, 3.63) is 116 Å². The lowest BCUT2D eigenvalue weighted by Gasteiger charge is -2.50. The van der Waals surface area contributed by atoms with Gasteiger partial charge in [-0.1, -0.05) is 35.9 Å². The molecule has 0 spiro atoms. The average Bonchev–Trinajstić information content (AvgIpc) is 2.78. The minimum Gasteiger partial charge on any atom is -0.384 e. The summed E-state index contributed by atoms with van der Waals surface area (Å²) in [6.07, 6.45) is 0. The van der Waals surface area contributed by atoms with Gasteiger partial charge in [0.25, 0.3) is 5.91 Å². The molecule has 2 aliphatic carbocycles. The Hall–Kier alpha value is -3.77. The summed E-state index contributed by atoms with van der Waals surface area (Å²) < 4.78 is 27.6. The Morgan fingerprint density at radius 1 is 0.971 bits per heavy atom. The van der Waals surface area contributed by atoms with E-state index in [9.17, 15) is 13.6 Å². The molecule has 1 amide bonds. The second-order valence-corrected chi connectivity index (χ2v) is 9.45. The number of aryl methyl sites for hydroxylation is 1. The molecule has 3 N–H and O–H groups in total. The molecular weight excluding hydrogens is 468 g/mol. The SMILES string of the molecule is Cc1nc(N)cc(Cl)c1CNC(=O)c1ccc2c(c1)C1c3cc(-c4ccc(F)cc4F)ccc3[C@@H]21. The van der Waals surface area contributed by atoms with E-state index in [1.54, 1.807) is 13.0 Å². The van der Waals surface area contributed by atoms with Gasteiger partial charge in [-0.15, -0.1) is 0 Å². The molecular formula is C28H20ClF2N3O. The number of nitrogen functional groups attached to an aromatic ring is 1. The minimum absolute atomic E-state index is 0.175. The van der Waals surface area contributed by atoms with Gasteiger partial charge in [0.2, 0.25) is 0 Å². The number of nitrogens with zero attached hydrogens (tertiary/aromatic N) is 1. The second kappa shape index (κ2) is 7.89. The van der Waals surface area contributed by atoms with E-state index in [2.05, 4.69) is 10.3 Å². The Balaban J connectivity index is 1.23. The second-order valence-electron chi connectivity index (χ2n) is 9.04. The van der Waals surface area contributed by atoms with Crippen LogP contribution >= 0.6 is 11.6 Å². The Bertz CT molecular complexity index is 1530. The fourth-order valence-electron chi connectivity index (χ4n) is 5.31. The van der Waals surface area contributed by atoms with Gasteiger partial charge in [0.05, 0.1) is 5.02 Å². The van der Waals surface area contributed by atoms with Gasteiger partial charge in [-0.3, -0.25) is 4.79 Å². The number of pyridine rings is 1.